The van der Waals surface area contributed by atoms with Crippen LogP contribution in [0, 0.1) is 5.92 Å². The molecule has 1 amide bonds. The second kappa shape index (κ2) is 7.75. The number of amides is 1. The molecule has 2 aromatic heterocycles. The van der Waals surface area contributed by atoms with Crippen molar-refractivity contribution in [2.24, 2.45) is 5.92 Å². The Morgan fingerprint density at radius 1 is 1.36 bits per heavy atom. The molecule has 1 fully saturated rings. The fourth-order valence-corrected chi connectivity index (χ4v) is 4.02. The first-order valence-corrected chi connectivity index (χ1v) is 9.95. The summed E-state index contributed by atoms with van der Waals surface area (Å²) in [4.78, 5) is 21.5. The summed E-state index contributed by atoms with van der Waals surface area (Å²) in [5.74, 6) is 0.507. The van der Waals surface area contributed by atoms with E-state index in [0.29, 0.717) is 24.2 Å². The quantitative estimate of drug-likeness (QED) is 0.714. The molecule has 7 heteroatoms. The molecule has 0 spiro atoms. The Bertz CT molecular complexity index is 959. The summed E-state index contributed by atoms with van der Waals surface area (Å²) in [6.07, 6.45) is 2.97. The molecule has 28 heavy (non-hydrogen) atoms. The fourth-order valence-electron chi connectivity index (χ4n) is 4.02. The number of nitrogens with zero attached hydrogens (tertiary/aromatic N) is 5. The Hall–Kier alpha value is -2.67. The molecule has 4 rings (SSSR count). The van der Waals surface area contributed by atoms with Gasteiger partial charge in [-0.25, -0.2) is 4.98 Å². The van der Waals surface area contributed by atoms with Crippen LogP contribution >= 0.6 is 0 Å². The highest BCUT2D eigenvalue weighted by atomic mass is 16.2. The summed E-state index contributed by atoms with van der Waals surface area (Å²) in [7, 11) is 1.87. The molecule has 3 aromatic rings. The monoisotopic (exact) mass is 380 g/mol. The largest absolute Gasteiger partial charge is 0.340 e. The molecule has 7 nitrogen and oxygen atoms in total. The predicted molar refractivity (Wildman–Crippen MR) is 109 cm³/mol. The molecule has 1 aliphatic heterocycles. The average Bonchev–Trinajstić information content (AvgIpc) is 3.42. The highest BCUT2D eigenvalue weighted by Gasteiger charge is 2.27. The number of imidazole rings is 1. The van der Waals surface area contributed by atoms with E-state index >= 15 is 0 Å². The number of rotatable bonds is 6. The van der Waals surface area contributed by atoms with E-state index in [1.165, 1.54) is 0 Å². The van der Waals surface area contributed by atoms with Gasteiger partial charge < -0.3 is 14.4 Å². The maximum atomic E-state index is 12.8. The first-order valence-electron chi connectivity index (χ1n) is 9.95. The first kappa shape index (κ1) is 18.7. The van der Waals surface area contributed by atoms with Gasteiger partial charge in [0.1, 0.15) is 5.69 Å². The summed E-state index contributed by atoms with van der Waals surface area (Å²) in [6.45, 7) is 8.02. The minimum atomic E-state index is -0.0269. The maximum absolute atomic E-state index is 12.8. The predicted octanol–water partition coefficient (Wildman–Crippen LogP) is 2.61. The fraction of sp³-hybridized carbons (Fsp3) is 0.476. The van der Waals surface area contributed by atoms with E-state index in [2.05, 4.69) is 38.5 Å². The summed E-state index contributed by atoms with van der Waals surface area (Å²) in [5, 5.41) is 7.26. The molecule has 1 saturated heterocycles. The number of fused-ring (bicyclic) bond motifs is 1. The van der Waals surface area contributed by atoms with E-state index in [1.807, 2.05) is 43.7 Å². The zero-order valence-corrected chi connectivity index (χ0v) is 16.8. The molecule has 1 atom stereocenters. The number of H-pyrrole nitrogens is 1. The number of nitrogens with one attached hydrogen (secondary N) is 1. The Balaban J connectivity index is 1.39. The van der Waals surface area contributed by atoms with Gasteiger partial charge >= 0.3 is 0 Å². The number of hydrogen-bond acceptors (Lipinski definition) is 4. The number of carbonyl (C=O) groups excluding carboxylic acids is 1. The maximum Gasteiger partial charge on any atom is 0.274 e. The SMILES string of the molecule is CC(C)N1CCC(CN(C)C(=O)c2cc(Cn3cnc4ccccc43)[nH]n2)C1. The van der Waals surface area contributed by atoms with E-state index < -0.39 is 0 Å². The minimum absolute atomic E-state index is 0.0269. The van der Waals surface area contributed by atoms with Gasteiger partial charge in [0.25, 0.3) is 5.91 Å². The molecule has 1 unspecified atom stereocenters. The zero-order valence-electron chi connectivity index (χ0n) is 16.8. The molecule has 0 bridgehead atoms. The van der Waals surface area contributed by atoms with Gasteiger partial charge in [0.05, 0.1) is 29.6 Å². The Morgan fingerprint density at radius 2 is 2.18 bits per heavy atom. The van der Waals surface area contributed by atoms with Crippen LogP contribution in [0.1, 0.15) is 36.5 Å². The molecule has 1 aromatic carbocycles. The number of benzene rings is 1. The minimum Gasteiger partial charge on any atom is -0.340 e. The van der Waals surface area contributed by atoms with Gasteiger partial charge in [-0.3, -0.25) is 9.89 Å². The van der Waals surface area contributed by atoms with Gasteiger partial charge in [0.2, 0.25) is 0 Å². The van der Waals surface area contributed by atoms with Crippen molar-refractivity contribution in [3.63, 3.8) is 0 Å². The topological polar surface area (TPSA) is 70.1 Å². The summed E-state index contributed by atoms with van der Waals surface area (Å²) in [5.41, 5.74) is 3.40. The third-order valence-corrected chi connectivity index (χ3v) is 5.64. The van der Waals surface area contributed by atoms with Gasteiger partial charge in [-0.15, -0.1) is 0 Å². The number of para-hydroxylation sites is 2. The molecule has 3 heterocycles. The van der Waals surface area contributed by atoms with Gasteiger partial charge in [-0.2, -0.15) is 5.10 Å². The van der Waals surface area contributed by atoms with Crippen molar-refractivity contribution in [1.29, 1.82) is 0 Å². The molecular formula is C21H28N6O. The molecule has 1 N–H and O–H groups in total. The summed E-state index contributed by atoms with van der Waals surface area (Å²) < 4.78 is 2.06. The van der Waals surface area contributed by atoms with Crippen molar-refractivity contribution in [2.45, 2.75) is 32.9 Å². The van der Waals surface area contributed by atoms with E-state index in [0.717, 1.165) is 42.8 Å². The highest BCUT2D eigenvalue weighted by Crippen LogP contribution is 2.20. The number of aromatic nitrogens is 4. The zero-order chi connectivity index (χ0) is 19.7. The molecule has 0 saturated carbocycles. The van der Waals surface area contributed by atoms with Crippen LogP contribution < -0.4 is 0 Å². The second-order valence-corrected chi connectivity index (χ2v) is 8.07. The van der Waals surface area contributed by atoms with Crippen molar-refractivity contribution >= 4 is 16.9 Å². The van der Waals surface area contributed by atoms with E-state index in [9.17, 15) is 4.79 Å². The third kappa shape index (κ3) is 3.80. The number of aromatic amines is 1. The summed E-state index contributed by atoms with van der Waals surface area (Å²) >= 11 is 0. The van der Waals surface area contributed by atoms with Crippen molar-refractivity contribution in [2.75, 3.05) is 26.7 Å². The number of carbonyl (C=O) groups is 1. The lowest BCUT2D eigenvalue weighted by Gasteiger charge is -2.23. The lowest BCUT2D eigenvalue weighted by molar-refractivity contribution is 0.0766. The van der Waals surface area contributed by atoms with Crippen LogP contribution in [0.5, 0.6) is 0 Å². The van der Waals surface area contributed by atoms with E-state index in [1.54, 1.807) is 4.90 Å². The van der Waals surface area contributed by atoms with Gasteiger partial charge in [-0.1, -0.05) is 12.1 Å². The molecule has 0 radical (unpaired) electrons. The van der Waals surface area contributed by atoms with Gasteiger partial charge in [-0.05, 0) is 50.9 Å². The van der Waals surface area contributed by atoms with Gasteiger partial charge in [0, 0.05) is 26.2 Å². The van der Waals surface area contributed by atoms with Crippen LogP contribution in [0.2, 0.25) is 0 Å². The van der Waals surface area contributed by atoms with Crippen molar-refractivity contribution in [3.05, 3.63) is 48.0 Å². The van der Waals surface area contributed by atoms with Crippen molar-refractivity contribution < 1.29 is 4.79 Å². The average molecular weight is 380 g/mol. The van der Waals surface area contributed by atoms with Crippen molar-refractivity contribution in [3.8, 4) is 0 Å². The standard InChI is InChI=1S/C21H28N6O/c1-15(2)26-9-8-16(12-26)11-25(3)21(28)19-10-17(23-24-19)13-27-14-22-18-6-4-5-7-20(18)27/h4-7,10,14-16H,8-9,11-13H2,1-3H3,(H,23,24). The van der Waals surface area contributed by atoms with Crippen LogP contribution in [0.3, 0.4) is 0 Å². The Morgan fingerprint density at radius 3 is 2.96 bits per heavy atom. The van der Waals surface area contributed by atoms with Crippen LogP contribution in [0.4, 0.5) is 0 Å². The Kier molecular flexibility index (Phi) is 5.17. The van der Waals surface area contributed by atoms with Crippen LogP contribution in [-0.2, 0) is 6.54 Å². The lowest BCUT2D eigenvalue weighted by atomic mass is 10.1. The van der Waals surface area contributed by atoms with Crippen LogP contribution in [-0.4, -0.2) is 68.2 Å². The molecule has 1 aliphatic rings. The summed E-state index contributed by atoms with van der Waals surface area (Å²) in [6, 6.07) is 10.4. The number of hydrogen-bond donors (Lipinski definition) is 1. The molecule has 148 valence electrons. The smallest absolute Gasteiger partial charge is 0.274 e. The van der Waals surface area contributed by atoms with Crippen molar-refractivity contribution in [1.82, 2.24) is 29.5 Å². The lowest BCUT2D eigenvalue weighted by Crippen LogP contribution is -2.34. The van der Waals surface area contributed by atoms with Gasteiger partial charge in [0.15, 0.2) is 0 Å². The Labute approximate surface area is 165 Å². The van der Waals surface area contributed by atoms with Crippen LogP contribution in [0.25, 0.3) is 11.0 Å². The molecular weight excluding hydrogens is 352 g/mol. The third-order valence-electron chi connectivity index (χ3n) is 5.64. The second-order valence-electron chi connectivity index (χ2n) is 8.07. The van der Waals surface area contributed by atoms with E-state index in [-0.39, 0.29) is 5.91 Å². The van der Waals surface area contributed by atoms with E-state index in [4.69, 9.17) is 0 Å². The number of likely N-dealkylation sites (tertiary alicyclic amines) is 1. The van der Waals surface area contributed by atoms with Crippen LogP contribution in [0.15, 0.2) is 36.7 Å². The first-order chi connectivity index (χ1) is 13.5. The molecule has 0 aliphatic carbocycles. The highest BCUT2D eigenvalue weighted by molar-refractivity contribution is 5.92. The normalized spacial score (nSPS) is 17.6.